The summed E-state index contributed by atoms with van der Waals surface area (Å²) >= 11 is 6.93. The number of aromatic amines is 1. The van der Waals surface area contributed by atoms with E-state index in [0.29, 0.717) is 11.4 Å². The van der Waals surface area contributed by atoms with E-state index in [1.54, 1.807) is 6.33 Å². The highest BCUT2D eigenvalue weighted by molar-refractivity contribution is 7.99. The van der Waals surface area contributed by atoms with E-state index in [1.165, 1.54) is 18.1 Å². The molecule has 80 valence electrons. The predicted molar refractivity (Wildman–Crippen MR) is 59.1 cm³/mol. The minimum atomic E-state index is -0.524. The predicted octanol–water partition coefficient (Wildman–Crippen LogP) is 1.04. The lowest BCUT2D eigenvalue weighted by atomic mass is 10.5. The molecule has 1 atom stereocenters. The topological polar surface area (TPSA) is 74.7 Å². The molecule has 2 heterocycles. The Labute approximate surface area is 95.3 Å². The van der Waals surface area contributed by atoms with Gasteiger partial charge in [-0.2, -0.15) is 0 Å². The lowest BCUT2D eigenvalue weighted by Crippen LogP contribution is -2.11. The van der Waals surface area contributed by atoms with Crippen molar-refractivity contribution in [3.63, 3.8) is 0 Å². The zero-order chi connectivity index (χ0) is 10.7. The molecule has 0 fully saturated rings. The summed E-state index contributed by atoms with van der Waals surface area (Å²) in [4.78, 5) is 15.1. The van der Waals surface area contributed by atoms with Crippen molar-refractivity contribution in [3.05, 3.63) is 12.7 Å². The molecule has 15 heavy (non-hydrogen) atoms. The van der Waals surface area contributed by atoms with Crippen LogP contribution in [0.4, 0.5) is 0 Å². The SMILES string of the molecule is OC(CCl)CSc1ncnc2nc[nH]c12. The van der Waals surface area contributed by atoms with Gasteiger partial charge in [-0.15, -0.1) is 23.4 Å². The van der Waals surface area contributed by atoms with Gasteiger partial charge in [-0.3, -0.25) is 0 Å². The number of aliphatic hydroxyl groups excluding tert-OH is 1. The monoisotopic (exact) mass is 244 g/mol. The molecule has 0 aliphatic rings. The van der Waals surface area contributed by atoms with E-state index >= 15 is 0 Å². The molecule has 0 saturated heterocycles. The van der Waals surface area contributed by atoms with E-state index in [9.17, 15) is 5.11 Å². The number of alkyl halides is 1. The third kappa shape index (κ3) is 2.39. The van der Waals surface area contributed by atoms with Crippen molar-refractivity contribution in [2.75, 3.05) is 11.6 Å². The van der Waals surface area contributed by atoms with Crippen LogP contribution in [0.25, 0.3) is 11.2 Å². The van der Waals surface area contributed by atoms with Crippen LogP contribution in [0.2, 0.25) is 0 Å². The third-order valence-electron chi connectivity index (χ3n) is 1.78. The number of thioether (sulfide) groups is 1. The van der Waals surface area contributed by atoms with Crippen molar-refractivity contribution in [2.45, 2.75) is 11.1 Å². The molecule has 0 spiro atoms. The maximum absolute atomic E-state index is 9.32. The van der Waals surface area contributed by atoms with E-state index in [1.807, 2.05) is 0 Å². The number of nitrogens with zero attached hydrogens (tertiary/aromatic N) is 3. The number of fused-ring (bicyclic) bond motifs is 1. The molecular formula is C8H9ClN4OS. The van der Waals surface area contributed by atoms with Crippen molar-refractivity contribution < 1.29 is 5.11 Å². The normalized spacial score (nSPS) is 13.2. The Morgan fingerprint density at radius 2 is 2.33 bits per heavy atom. The van der Waals surface area contributed by atoms with E-state index in [4.69, 9.17) is 11.6 Å². The first kappa shape index (κ1) is 10.7. The number of hydrogen-bond donors (Lipinski definition) is 2. The Bertz CT molecular complexity index is 449. The number of aromatic nitrogens is 4. The molecule has 1 unspecified atom stereocenters. The molecule has 0 bridgehead atoms. The highest BCUT2D eigenvalue weighted by atomic mass is 35.5. The molecule has 0 aliphatic heterocycles. The van der Waals surface area contributed by atoms with Gasteiger partial charge in [-0.1, -0.05) is 0 Å². The van der Waals surface area contributed by atoms with Crippen molar-refractivity contribution in [1.29, 1.82) is 0 Å². The summed E-state index contributed by atoms with van der Waals surface area (Å²) in [5, 5.41) is 10.1. The third-order valence-corrected chi connectivity index (χ3v) is 3.27. The van der Waals surface area contributed by atoms with Gasteiger partial charge in [-0.05, 0) is 0 Å². The van der Waals surface area contributed by atoms with Gasteiger partial charge < -0.3 is 10.1 Å². The van der Waals surface area contributed by atoms with Crippen molar-refractivity contribution in [1.82, 2.24) is 19.9 Å². The van der Waals surface area contributed by atoms with Gasteiger partial charge in [0.2, 0.25) is 0 Å². The highest BCUT2D eigenvalue weighted by Gasteiger charge is 2.09. The van der Waals surface area contributed by atoms with Gasteiger partial charge in [-0.25, -0.2) is 15.0 Å². The number of halogens is 1. The van der Waals surface area contributed by atoms with Crippen LogP contribution >= 0.6 is 23.4 Å². The summed E-state index contributed by atoms with van der Waals surface area (Å²) < 4.78 is 0. The second-order valence-electron chi connectivity index (χ2n) is 2.90. The Morgan fingerprint density at radius 3 is 3.13 bits per heavy atom. The second-order valence-corrected chi connectivity index (χ2v) is 4.22. The molecule has 2 N–H and O–H groups in total. The fourth-order valence-electron chi connectivity index (χ4n) is 1.07. The van der Waals surface area contributed by atoms with E-state index in [0.717, 1.165) is 10.5 Å². The minimum Gasteiger partial charge on any atom is -0.391 e. The molecule has 2 rings (SSSR count). The Kier molecular flexibility index (Phi) is 3.40. The number of aliphatic hydroxyl groups is 1. The average molecular weight is 245 g/mol. The zero-order valence-electron chi connectivity index (χ0n) is 7.72. The average Bonchev–Trinajstić information content (AvgIpc) is 2.74. The fraction of sp³-hybridized carbons (Fsp3) is 0.375. The minimum absolute atomic E-state index is 0.226. The molecule has 0 amide bonds. The Hall–Kier alpha value is -0.850. The molecule has 5 nitrogen and oxygen atoms in total. The summed E-state index contributed by atoms with van der Waals surface area (Å²) in [5.41, 5.74) is 1.43. The number of imidazole rings is 1. The quantitative estimate of drug-likeness (QED) is 0.478. The van der Waals surface area contributed by atoms with Crippen LogP contribution in [0.5, 0.6) is 0 Å². The van der Waals surface area contributed by atoms with Gasteiger partial charge in [0.05, 0.1) is 12.4 Å². The lowest BCUT2D eigenvalue weighted by Gasteiger charge is -2.05. The first-order valence-corrected chi connectivity index (χ1v) is 5.84. The van der Waals surface area contributed by atoms with E-state index < -0.39 is 6.10 Å². The van der Waals surface area contributed by atoms with Crippen molar-refractivity contribution in [3.8, 4) is 0 Å². The van der Waals surface area contributed by atoms with Crippen molar-refractivity contribution in [2.24, 2.45) is 0 Å². The highest BCUT2D eigenvalue weighted by Crippen LogP contribution is 2.22. The van der Waals surface area contributed by atoms with Gasteiger partial charge in [0.15, 0.2) is 5.65 Å². The van der Waals surface area contributed by atoms with E-state index in [-0.39, 0.29) is 5.88 Å². The van der Waals surface area contributed by atoms with Gasteiger partial charge in [0, 0.05) is 11.6 Å². The van der Waals surface area contributed by atoms with Crippen LogP contribution in [0, 0.1) is 0 Å². The molecule has 0 radical (unpaired) electrons. The summed E-state index contributed by atoms with van der Waals surface area (Å²) in [5.74, 6) is 0.735. The maximum atomic E-state index is 9.32. The first-order valence-electron chi connectivity index (χ1n) is 4.32. The van der Waals surface area contributed by atoms with Gasteiger partial charge in [0.25, 0.3) is 0 Å². The number of nitrogens with one attached hydrogen (secondary N) is 1. The fourth-order valence-corrected chi connectivity index (χ4v) is 2.19. The molecule has 7 heteroatoms. The van der Waals surface area contributed by atoms with Crippen LogP contribution in [-0.4, -0.2) is 42.8 Å². The summed E-state index contributed by atoms with van der Waals surface area (Å²) in [6.07, 6.45) is 2.50. The Balaban J connectivity index is 2.17. The summed E-state index contributed by atoms with van der Waals surface area (Å²) in [6, 6.07) is 0. The second kappa shape index (κ2) is 4.78. The maximum Gasteiger partial charge on any atom is 0.181 e. The summed E-state index contributed by atoms with van der Waals surface area (Å²) in [6.45, 7) is 0. The van der Waals surface area contributed by atoms with Crippen LogP contribution in [-0.2, 0) is 0 Å². The van der Waals surface area contributed by atoms with Crippen LogP contribution in [0.1, 0.15) is 0 Å². The lowest BCUT2D eigenvalue weighted by molar-refractivity contribution is 0.223. The zero-order valence-corrected chi connectivity index (χ0v) is 9.29. The van der Waals surface area contributed by atoms with Crippen LogP contribution < -0.4 is 0 Å². The van der Waals surface area contributed by atoms with Crippen molar-refractivity contribution >= 4 is 34.5 Å². The summed E-state index contributed by atoms with van der Waals surface area (Å²) in [7, 11) is 0. The largest absolute Gasteiger partial charge is 0.391 e. The number of H-pyrrole nitrogens is 1. The van der Waals surface area contributed by atoms with E-state index in [2.05, 4.69) is 19.9 Å². The first-order chi connectivity index (χ1) is 7.31. The molecule has 2 aromatic rings. The van der Waals surface area contributed by atoms with Gasteiger partial charge >= 0.3 is 0 Å². The standard InChI is InChI=1S/C8H9ClN4OS/c9-1-5(14)2-15-8-6-7(11-3-10-6)12-4-13-8/h3-5,14H,1-2H2,(H,10,11,12,13). The molecular weight excluding hydrogens is 236 g/mol. The number of rotatable bonds is 4. The smallest absolute Gasteiger partial charge is 0.181 e. The molecule has 0 aliphatic carbocycles. The molecule has 0 aromatic carbocycles. The van der Waals surface area contributed by atoms with Gasteiger partial charge in [0.1, 0.15) is 16.9 Å². The van der Waals surface area contributed by atoms with Crippen LogP contribution in [0.3, 0.4) is 0 Å². The molecule has 0 saturated carbocycles. The Morgan fingerprint density at radius 1 is 1.47 bits per heavy atom. The number of hydrogen-bond acceptors (Lipinski definition) is 5. The molecule has 2 aromatic heterocycles. The van der Waals surface area contributed by atoms with Crippen LogP contribution in [0.15, 0.2) is 17.7 Å².